The first kappa shape index (κ1) is 11.9. The van der Waals surface area contributed by atoms with Gasteiger partial charge in [-0.1, -0.05) is 0 Å². The van der Waals surface area contributed by atoms with Gasteiger partial charge in [-0.15, -0.1) is 0 Å². The highest BCUT2D eigenvalue weighted by Crippen LogP contribution is 2.10. The van der Waals surface area contributed by atoms with E-state index in [1.807, 2.05) is 24.7 Å². The highest BCUT2D eigenvalue weighted by atomic mass is 15.1. The van der Waals surface area contributed by atoms with Crippen molar-refractivity contribution in [3.8, 4) is 6.19 Å². The molecular formula is C12H14N6. The van der Waals surface area contributed by atoms with Crippen molar-refractivity contribution < 1.29 is 0 Å². The van der Waals surface area contributed by atoms with Gasteiger partial charge in [0.05, 0.1) is 0 Å². The normalized spacial score (nSPS) is 9.78. The molecule has 2 aromatic heterocycles. The molecule has 6 nitrogen and oxygen atoms in total. The minimum atomic E-state index is 0.508. The summed E-state index contributed by atoms with van der Waals surface area (Å²) in [4.78, 5) is 11.4. The minimum Gasteiger partial charge on any atom is -0.370 e. The maximum absolute atomic E-state index is 8.56. The van der Waals surface area contributed by atoms with E-state index in [0.29, 0.717) is 11.6 Å². The van der Waals surface area contributed by atoms with Gasteiger partial charge in [-0.2, -0.15) is 5.26 Å². The van der Waals surface area contributed by atoms with E-state index in [2.05, 4.69) is 25.6 Å². The standard InChI is InChI=1S/C12H14N6/c1-9-17-11(6-12(18-9)16-8-13)15-5-3-10-2-4-14-7-10/h2,4,6-7,14H,3,5H2,1H3,(H2,15,16,17,18). The van der Waals surface area contributed by atoms with Crippen LogP contribution in [0.1, 0.15) is 11.4 Å². The quantitative estimate of drug-likeness (QED) is 0.548. The average molecular weight is 242 g/mol. The zero-order valence-electron chi connectivity index (χ0n) is 10.1. The van der Waals surface area contributed by atoms with Crippen LogP contribution < -0.4 is 10.6 Å². The van der Waals surface area contributed by atoms with Gasteiger partial charge in [-0.3, -0.25) is 5.32 Å². The minimum absolute atomic E-state index is 0.508. The summed E-state index contributed by atoms with van der Waals surface area (Å²) in [6, 6.07) is 3.75. The van der Waals surface area contributed by atoms with E-state index in [0.717, 1.165) is 18.8 Å². The van der Waals surface area contributed by atoms with E-state index in [1.54, 1.807) is 13.0 Å². The lowest BCUT2D eigenvalue weighted by molar-refractivity contribution is 0.984. The van der Waals surface area contributed by atoms with Gasteiger partial charge >= 0.3 is 0 Å². The zero-order valence-corrected chi connectivity index (χ0v) is 10.1. The van der Waals surface area contributed by atoms with Crippen LogP contribution in [0, 0.1) is 18.4 Å². The Balaban J connectivity index is 1.94. The second-order valence-corrected chi connectivity index (χ2v) is 3.82. The van der Waals surface area contributed by atoms with E-state index in [1.165, 1.54) is 5.56 Å². The molecule has 0 aliphatic carbocycles. The lowest BCUT2D eigenvalue weighted by atomic mass is 10.2. The number of rotatable bonds is 5. The van der Waals surface area contributed by atoms with Crippen LogP contribution in [-0.2, 0) is 6.42 Å². The molecule has 18 heavy (non-hydrogen) atoms. The van der Waals surface area contributed by atoms with E-state index < -0.39 is 0 Å². The first-order valence-corrected chi connectivity index (χ1v) is 5.64. The molecular weight excluding hydrogens is 228 g/mol. The van der Waals surface area contributed by atoms with Gasteiger partial charge < -0.3 is 10.3 Å². The topological polar surface area (TPSA) is 89.4 Å². The summed E-state index contributed by atoms with van der Waals surface area (Å²) in [6.07, 6.45) is 6.62. The van der Waals surface area contributed by atoms with Crippen molar-refractivity contribution in [2.45, 2.75) is 13.3 Å². The van der Waals surface area contributed by atoms with Crippen LogP contribution in [0.15, 0.2) is 24.5 Å². The molecule has 0 bridgehead atoms. The molecule has 0 radical (unpaired) electrons. The number of aromatic amines is 1. The van der Waals surface area contributed by atoms with Crippen LogP contribution in [0.2, 0.25) is 0 Å². The second kappa shape index (κ2) is 5.68. The summed E-state index contributed by atoms with van der Waals surface area (Å²) in [5.41, 5.74) is 1.24. The van der Waals surface area contributed by atoms with Gasteiger partial charge in [0.1, 0.15) is 17.5 Å². The summed E-state index contributed by atoms with van der Waals surface area (Å²) in [7, 11) is 0. The number of hydrogen-bond donors (Lipinski definition) is 3. The van der Waals surface area contributed by atoms with Gasteiger partial charge in [0.25, 0.3) is 0 Å². The SMILES string of the molecule is Cc1nc(NC#N)cc(NCCc2cc[nH]c2)n1. The predicted octanol–water partition coefficient (Wildman–Crippen LogP) is 1.66. The molecule has 92 valence electrons. The molecule has 0 fully saturated rings. The number of nitrogens with zero attached hydrogens (tertiary/aromatic N) is 3. The molecule has 0 aliphatic heterocycles. The third-order valence-corrected chi connectivity index (χ3v) is 2.40. The molecule has 2 aromatic rings. The summed E-state index contributed by atoms with van der Waals surface area (Å²) < 4.78 is 0. The molecule has 0 aliphatic rings. The molecule has 3 N–H and O–H groups in total. The van der Waals surface area contributed by atoms with Crippen LogP contribution in [0.25, 0.3) is 0 Å². The highest BCUT2D eigenvalue weighted by molar-refractivity contribution is 5.49. The van der Waals surface area contributed by atoms with E-state index in [-0.39, 0.29) is 0 Å². The Kier molecular flexibility index (Phi) is 3.76. The Hall–Kier alpha value is -2.55. The Bertz CT molecular complexity index is 540. The first-order chi connectivity index (χ1) is 8.78. The summed E-state index contributed by atoms with van der Waals surface area (Å²) >= 11 is 0. The number of aryl methyl sites for hydroxylation is 1. The Morgan fingerprint density at radius 1 is 1.39 bits per heavy atom. The highest BCUT2D eigenvalue weighted by Gasteiger charge is 2.01. The summed E-state index contributed by atoms with van der Waals surface area (Å²) in [6.45, 7) is 2.57. The Morgan fingerprint density at radius 2 is 2.22 bits per heavy atom. The van der Waals surface area contributed by atoms with Gasteiger partial charge in [0, 0.05) is 25.0 Å². The molecule has 0 saturated carbocycles. The maximum atomic E-state index is 8.56. The van der Waals surface area contributed by atoms with Crippen molar-refractivity contribution >= 4 is 11.6 Å². The summed E-state index contributed by atoms with van der Waals surface area (Å²) in [5, 5.41) is 14.3. The van der Waals surface area contributed by atoms with E-state index in [4.69, 9.17) is 5.26 Å². The molecule has 0 aromatic carbocycles. The van der Waals surface area contributed by atoms with Gasteiger partial charge in [-0.25, -0.2) is 9.97 Å². The van der Waals surface area contributed by atoms with E-state index in [9.17, 15) is 0 Å². The smallest absolute Gasteiger partial charge is 0.182 e. The van der Waals surface area contributed by atoms with Crippen LogP contribution in [0.3, 0.4) is 0 Å². The third-order valence-electron chi connectivity index (χ3n) is 2.40. The van der Waals surface area contributed by atoms with E-state index >= 15 is 0 Å². The number of hydrogen-bond acceptors (Lipinski definition) is 5. The van der Waals surface area contributed by atoms with Gasteiger partial charge in [0.2, 0.25) is 0 Å². The molecule has 0 unspecified atom stereocenters. The fraction of sp³-hybridized carbons (Fsp3) is 0.250. The van der Waals surface area contributed by atoms with Crippen LogP contribution in [0.5, 0.6) is 0 Å². The van der Waals surface area contributed by atoms with Crippen molar-refractivity contribution in [1.82, 2.24) is 15.0 Å². The zero-order chi connectivity index (χ0) is 12.8. The summed E-state index contributed by atoms with van der Waals surface area (Å²) in [5.74, 6) is 1.85. The fourth-order valence-corrected chi connectivity index (χ4v) is 1.63. The maximum Gasteiger partial charge on any atom is 0.182 e. The number of H-pyrrole nitrogens is 1. The lowest BCUT2D eigenvalue weighted by Crippen LogP contribution is -2.08. The molecule has 0 saturated heterocycles. The van der Waals surface area contributed by atoms with Crippen molar-refractivity contribution in [2.75, 3.05) is 17.2 Å². The molecule has 6 heteroatoms. The van der Waals surface area contributed by atoms with Gasteiger partial charge in [0.15, 0.2) is 6.19 Å². The van der Waals surface area contributed by atoms with Crippen LogP contribution in [-0.4, -0.2) is 21.5 Å². The molecule has 2 rings (SSSR count). The van der Waals surface area contributed by atoms with Crippen molar-refractivity contribution in [3.05, 3.63) is 35.9 Å². The second-order valence-electron chi connectivity index (χ2n) is 3.82. The van der Waals surface area contributed by atoms with Crippen LogP contribution in [0.4, 0.5) is 11.6 Å². The number of anilines is 2. The monoisotopic (exact) mass is 242 g/mol. The number of aromatic nitrogens is 3. The van der Waals surface area contributed by atoms with Crippen molar-refractivity contribution in [3.63, 3.8) is 0 Å². The molecule has 0 atom stereocenters. The Labute approximate surface area is 105 Å². The first-order valence-electron chi connectivity index (χ1n) is 5.64. The third kappa shape index (κ3) is 3.22. The van der Waals surface area contributed by atoms with Crippen molar-refractivity contribution in [1.29, 1.82) is 5.26 Å². The fourth-order valence-electron chi connectivity index (χ4n) is 1.63. The predicted molar refractivity (Wildman–Crippen MR) is 69.0 cm³/mol. The number of nitrogens with one attached hydrogen (secondary N) is 3. The average Bonchev–Trinajstić information content (AvgIpc) is 2.82. The van der Waals surface area contributed by atoms with Gasteiger partial charge in [-0.05, 0) is 25.0 Å². The lowest BCUT2D eigenvalue weighted by Gasteiger charge is -2.07. The largest absolute Gasteiger partial charge is 0.370 e. The van der Waals surface area contributed by atoms with Crippen molar-refractivity contribution in [2.24, 2.45) is 0 Å². The molecule has 0 amide bonds. The number of nitriles is 1. The Morgan fingerprint density at radius 3 is 2.94 bits per heavy atom. The van der Waals surface area contributed by atoms with Crippen LogP contribution >= 0.6 is 0 Å². The molecule has 0 spiro atoms. The molecule has 2 heterocycles.